The third-order valence-corrected chi connectivity index (χ3v) is 3.55. The van der Waals surface area contributed by atoms with Gasteiger partial charge >= 0.3 is 0 Å². The van der Waals surface area contributed by atoms with Gasteiger partial charge in [-0.15, -0.1) is 0 Å². The molecular formula is C15H20N2O. The highest BCUT2D eigenvalue weighted by atomic mass is 16.5. The molecule has 0 saturated heterocycles. The van der Waals surface area contributed by atoms with Crippen molar-refractivity contribution >= 4 is 0 Å². The summed E-state index contributed by atoms with van der Waals surface area (Å²) < 4.78 is 5.93. The van der Waals surface area contributed by atoms with Gasteiger partial charge in [0.1, 0.15) is 0 Å². The maximum absolute atomic E-state index is 8.73. The van der Waals surface area contributed by atoms with Crippen molar-refractivity contribution in [3.8, 4) is 6.07 Å². The number of nitrogens with two attached hydrogens (primary N) is 1. The second-order valence-electron chi connectivity index (χ2n) is 4.96. The molecule has 3 heteroatoms. The molecule has 1 aromatic carbocycles. The first kappa shape index (κ1) is 13.1. The summed E-state index contributed by atoms with van der Waals surface area (Å²) in [5, 5.41) is 8.73. The van der Waals surface area contributed by atoms with Crippen molar-refractivity contribution in [2.75, 3.05) is 0 Å². The average molecular weight is 244 g/mol. The summed E-state index contributed by atoms with van der Waals surface area (Å²) in [5.41, 5.74) is 7.91. The van der Waals surface area contributed by atoms with Gasteiger partial charge in [0.15, 0.2) is 0 Å². The summed E-state index contributed by atoms with van der Waals surface area (Å²) in [4.78, 5) is 0. The van der Waals surface area contributed by atoms with Gasteiger partial charge in [-0.2, -0.15) is 5.26 Å². The van der Waals surface area contributed by atoms with Crippen LogP contribution in [0.5, 0.6) is 0 Å². The summed E-state index contributed by atoms with van der Waals surface area (Å²) in [6, 6.07) is 9.83. The molecule has 1 fully saturated rings. The highest BCUT2D eigenvalue weighted by molar-refractivity contribution is 5.31. The first-order valence-electron chi connectivity index (χ1n) is 6.66. The third kappa shape index (κ3) is 3.56. The number of hydrogen-bond donors (Lipinski definition) is 1. The van der Waals surface area contributed by atoms with Crippen molar-refractivity contribution in [1.29, 1.82) is 5.26 Å². The average Bonchev–Trinajstić information content (AvgIpc) is 2.62. The zero-order valence-electron chi connectivity index (χ0n) is 10.6. The summed E-state index contributed by atoms with van der Waals surface area (Å²) in [5.74, 6) is 0. The third-order valence-electron chi connectivity index (χ3n) is 3.55. The van der Waals surface area contributed by atoms with Gasteiger partial charge in [0, 0.05) is 6.04 Å². The number of nitrogens with zero attached hydrogens (tertiary/aromatic N) is 1. The summed E-state index contributed by atoms with van der Waals surface area (Å²) in [6.07, 6.45) is 6.02. The molecule has 18 heavy (non-hydrogen) atoms. The van der Waals surface area contributed by atoms with E-state index in [1.165, 1.54) is 19.3 Å². The minimum absolute atomic E-state index is 0.172. The van der Waals surface area contributed by atoms with Crippen molar-refractivity contribution in [2.24, 2.45) is 5.73 Å². The van der Waals surface area contributed by atoms with Crippen LogP contribution in [0.15, 0.2) is 24.3 Å². The zero-order chi connectivity index (χ0) is 12.8. The highest BCUT2D eigenvalue weighted by Gasteiger charge is 2.20. The fourth-order valence-electron chi connectivity index (χ4n) is 2.39. The zero-order valence-corrected chi connectivity index (χ0v) is 10.6. The van der Waals surface area contributed by atoms with Crippen LogP contribution in [0.2, 0.25) is 0 Å². The molecule has 0 spiro atoms. The fourth-order valence-corrected chi connectivity index (χ4v) is 2.39. The van der Waals surface area contributed by atoms with Gasteiger partial charge in [-0.25, -0.2) is 0 Å². The Morgan fingerprint density at radius 1 is 1.17 bits per heavy atom. The Hall–Kier alpha value is -1.37. The molecule has 1 saturated carbocycles. The van der Waals surface area contributed by atoms with E-state index in [-0.39, 0.29) is 12.1 Å². The highest BCUT2D eigenvalue weighted by Crippen LogP contribution is 2.20. The lowest BCUT2D eigenvalue weighted by Crippen LogP contribution is -2.35. The van der Waals surface area contributed by atoms with E-state index in [0.717, 1.165) is 18.4 Å². The second-order valence-corrected chi connectivity index (χ2v) is 4.96. The van der Waals surface area contributed by atoms with E-state index in [9.17, 15) is 0 Å². The van der Waals surface area contributed by atoms with Crippen LogP contribution < -0.4 is 5.73 Å². The molecule has 0 radical (unpaired) electrons. The van der Waals surface area contributed by atoms with Gasteiger partial charge < -0.3 is 10.5 Å². The maximum Gasteiger partial charge on any atom is 0.0991 e. The second kappa shape index (κ2) is 6.53. The van der Waals surface area contributed by atoms with E-state index in [2.05, 4.69) is 6.07 Å². The quantitative estimate of drug-likeness (QED) is 0.832. The molecule has 96 valence electrons. The molecule has 1 aliphatic carbocycles. The molecule has 2 unspecified atom stereocenters. The molecule has 2 N–H and O–H groups in total. The van der Waals surface area contributed by atoms with E-state index >= 15 is 0 Å². The Balaban J connectivity index is 1.87. The number of benzene rings is 1. The van der Waals surface area contributed by atoms with Crippen molar-refractivity contribution < 1.29 is 4.74 Å². The molecule has 0 heterocycles. The van der Waals surface area contributed by atoms with Gasteiger partial charge in [-0.3, -0.25) is 0 Å². The monoisotopic (exact) mass is 244 g/mol. The molecular weight excluding hydrogens is 224 g/mol. The molecule has 0 aliphatic heterocycles. The van der Waals surface area contributed by atoms with Crippen LogP contribution in [0.1, 0.15) is 43.2 Å². The molecule has 1 aliphatic rings. The minimum Gasteiger partial charge on any atom is -0.372 e. The van der Waals surface area contributed by atoms with E-state index in [1.807, 2.05) is 24.3 Å². The first-order valence-corrected chi connectivity index (χ1v) is 6.66. The molecule has 1 aromatic rings. The van der Waals surface area contributed by atoms with Gasteiger partial charge in [-0.1, -0.05) is 31.4 Å². The number of ether oxygens (including phenoxy) is 1. The number of nitriles is 1. The Morgan fingerprint density at radius 3 is 2.61 bits per heavy atom. The van der Waals surface area contributed by atoms with E-state index in [4.69, 9.17) is 15.7 Å². The normalized spacial score (nSPS) is 24.2. The maximum atomic E-state index is 8.73. The van der Waals surface area contributed by atoms with Gasteiger partial charge in [0.05, 0.1) is 24.3 Å². The lowest BCUT2D eigenvalue weighted by molar-refractivity contribution is 0.0194. The first-order chi connectivity index (χ1) is 8.79. The number of rotatable bonds is 3. The Morgan fingerprint density at radius 2 is 1.89 bits per heavy atom. The van der Waals surface area contributed by atoms with Crippen LogP contribution in [-0.2, 0) is 11.3 Å². The number of hydrogen-bond acceptors (Lipinski definition) is 3. The molecule has 2 rings (SSSR count). The van der Waals surface area contributed by atoms with Crippen molar-refractivity contribution in [3.63, 3.8) is 0 Å². The van der Waals surface area contributed by atoms with Crippen molar-refractivity contribution in [2.45, 2.75) is 50.9 Å². The van der Waals surface area contributed by atoms with Crippen LogP contribution in [-0.4, -0.2) is 12.1 Å². The van der Waals surface area contributed by atoms with Crippen molar-refractivity contribution in [1.82, 2.24) is 0 Å². The topological polar surface area (TPSA) is 59.0 Å². The minimum atomic E-state index is 0.172. The molecule has 0 bridgehead atoms. The Kier molecular flexibility index (Phi) is 4.74. The van der Waals surface area contributed by atoms with Crippen LogP contribution in [0, 0.1) is 11.3 Å². The Labute approximate surface area is 109 Å². The predicted octanol–water partition coefficient (Wildman–Crippen LogP) is 2.73. The lowest BCUT2D eigenvalue weighted by atomic mass is 10.1. The fraction of sp³-hybridized carbons (Fsp3) is 0.533. The Bertz CT molecular complexity index is 407. The predicted molar refractivity (Wildman–Crippen MR) is 70.8 cm³/mol. The van der Waals surface area contributed by atoms with Crippen LogP contribution in [0.25, 0.3) is 0 Å². The molecule has 0 aromatic heterocycles. The van der Waals surface area contributed by atoms with Crippen molar-refractivity contribution in [3.05, 3.63) is 35.4 Å². The van der Waals surface area contributed by atoms with Gasteiger partial charge in [0.25, 0.3) is 0 Å². The molecule has 2 atom stereocenters. The largest absolute Gasteiger partial charge is 0.372 e. The van der Waals surface area contributed by atoms with Crippen LogP contribution >= 0.6 is 0 Å². The molecule has 0 amide bonds. The van der Waals surface area contributed by atoms with Gasteiger partial charge in [-0.05, 0) is 30.5 Å². The van der Waals surface area contributed by atoms with E-state index < -0.39 is 0 Å². The van der Waals surface area contributed by atoms with E-state index in [0.29, 0.717) is 12.2 Å². The van der Waals surface area contributed by atoms with E-state index in [1.54, 1.807) is 0 Å². The van der Waals surface area contributed by atoms with Crippen LogP contribution in [0.4, 0.5) is 0 Å². The SMILES string of the molecule is N#Cc1ccc(COC2CCCCCC2N)cc1. The summed E-state index contributed by atoms with van der Waals surface area (Å²) in [7, 11) is 0. The van der Waals surface area contributed by atoms with Gasteiger partial charge in [0.2, 0.25) is 0 Å². The standard InChI is InChI=1S/C15H20N2O/c16-10-12-6-8-13(9-7-12)11-18-15-5-3-1-2-4-14(15)17/h6-9,14-15H,1-5,11,17H2. The summed E-state index contributed by atoms with van der Waals surface area (Å²) in [6.45, 7) is 0.587. The lowest BCUT2D eigenvalue weighted by Gasteiger charge is -2.21. The molecule has 3 nitrogen and oxygen atoms in total. The van der Waals surface area contributed by atoms with Crippen LogP contribution in [0.3, 0.4) is 0 Å². The summed E-state index contributed by atoms with van der Waals surface area (Å²) >= 11 is 0. The smallest absolute Gasteiger partial charge is 0.0991 e.